The van der Waals surface area contributed by atoms with E-state index in [-0.39, 0.29) is 5.41 Å². The van der Waals surface area contributed by atoms with Crippen LogP contribution >= 0.6 is 0 Å². The molecular weight excluding hydrogens is 150 g/mol. The van der Waals surface area contributed by atoms with Crippen LogP contribution in [0, 0.1) is 11.3 Å². The molecule has 0 aromatic rings. The van der Waals surface area contributed by atoms with Crippen LogP contribution in [-0.2, 0) is 4.74 Å². The van der Waals surface area contributed by atoms with Crippen LogP contribution in [0.3, 0.4) is 0 Å². The van der Waals surface area contributed by atoms with E-state index in [1.54, 1.807) is 0 Å². The first kappa shape index (κ1) is 10.0. The van der Waals surface area contributed by atoms with Crippen molar-refractivity contribution in [3.05, 3.63) is 0 Å². The van der Waals surface area contributed by atoms with Crippen molar-refractivity contribution in [1.82, 2.24) is 0 Å². The molecule has 0 amide bonds. The molecule has 2 nitrogen and oxygen atoms in total. The summed E-state index contributed by atoms with van der Waals surface area (Å²) in [6.07, 6.45) is 1.41. The van der Waals surface area contributed by atoms with Gasteiger partial charge in [0.25, 0.3) is 0 Å². The molecule has 2 heteroatoms. The molecule has 0 aliphatic heterocycles. The fraction of sp³-hybridized carbons (Fsp3) is 1.00. The van der Waals surface area contributed by atoms with E-state index in [1.807, 2.05) is 0 Å². The Labute approximate surface area is 75.5 Å². The van der Waals surface area contributed by atoms with Crippen molar-refractivity contribution in [1.29, 1.82) is 0 Å². The summed E-state index contributed by atoms with van der Waals surface area (Å²) in [6.45, 7) is 9.58. The second kappa shape index (κ2) is 3.35. The van der Waals surface area contributed by atoms with Crippen LogP contribution in [0.1, 0.15) is 34.1 Å². The third-order valence-corrected chi connectivity index (χ3v) is 2.88. The van der Waals surface area contributed by atoms with E-state index in [1.165, 1.54) is 0 Å². The van der Waals surface area contributed by atoms with Crippen LogP contribution in [0.4, 0.5) is 0 Å². The highest BCUT2D eigenvalue weighted by molar-refractivity contribution is 5.00. The maximum Gasteiger partial charge on any atom is 0.0655 e. The second-order valence-electron chi connectivity index (χ2n) is 4.88. The quantitative estimate of drug-likeness (QED) is 0.702. The topological polar surface area (TPSA) is 35.2 Å². The van der Waals surface area contributed by atoms with Crippen molar-refractivity contribution < 1.29 is 4.74 Å². The Balaban J connectivity index is 2.28. The summed E-state index contributed by atoms with van der Waals surface area (Å²) in [5, 5.41) is 0. The smallest absolute Gasteiger partial charge is 0.0655 e. The van der Waals surface area contributed by atoms with E-state index < -0.39 is 0 Å². The monoisotopic (exact) mass is 171 g/mol. The van der Waals surface area contributed by atoms with Gasteiger partial charge in [0.05, 0.1) is 6.10 Å². The average molecular weight is 171 g/mol. The summed E-state index contributed by atoms with van der Waals surface area (Å²) >= 11 is 0. The highest BCUT2D eigenvalue weighted by Gasteiger charge is 2.46. The zero-order chi connectivity index (χ0) is 9.35. The first-order valence-corrected chi connectivity index (χ1v) is 4.81. The minimum Gasteiger partial charge on any atom is -0.377 e. The zero-order valence-electron chi connectivity index (χ0n) is 8.63. The highest BCUT2D eigenvalue weighted by atomic mass is 16.5. The van der Waals surface area contributed by atoms with E-state index in [2.05, 4.69) is 27.7 Å². The van der Waals surface area contributed by atoms with Crippen LogP contribution in [0.2, 0.25) is 0 Å². The van der Waals surface area contributed by atoms with Crippen molar-refractivity contribution >= 4 is 0 Å². The average Bonchev–Trinajstić information content (AvgIpc) is 1.97. The Morgan fingerprint density at radius 3 is 2.42 bits per heavy atom. The highest BCUT2D eigenvalue weighted by Crippen LogP contribution is 2.41. The van der Waals surface area contributed by atoms with E-state index in [0.717, 1.165) is 13.0 Å². The van der Waals surface area contributed by atoms with Crippen molar-refractivity contribution in [2.75, 3.05) is 6.61 Å². The van der Waals surface area contributed by atoms with E-state index >= 15 is 0 Å². The normalized spacial score (nSPS) is 33.5. The molecule has 2 N–H and O–H groups in total. The van der Waals surface area contributed by atoms with Gasteiger partial charge < -0.3 is 10.5 Å². The molecule has 0 radical (unpaired) electrons. The van der Waals surface area contributed by atoms with Gasteiger partial charge in [0.2, 0.25) is 0 Å². The van der Waals surface area contributed by atoms with Crippen LogP contribution < -0.4 is 5.73 Å². The standard InChI is InChI=1S/C10H21NO/c1-7(2)6-12-9-5-8(11)10(9,3)4/h7-9H,5-6,11H2,1-4H3/t8-,9+/m0/s1. The Morgan fingerprint density at radius 2 is 2.08 bits per heavy atom. The molecule has 12 heavy (non-hydrogen) atoms. The van der Waals surface area contributed by atoms with Crippen molar-refractivity contribution in [3.8, 4) is 0 Å². The number of hydrogen-bond donors (Lipinski definition) is 1. The number of nitrogens with two attached hydrogens (primary N) is 1. The molecule has 0 unspecified atom stereocenters. The molecule has 1 fully saturated rings. The number of ether oxygens (including phenoxy) is 1. The predicted molar refractivity (Wildman–Crippen MR) is 51.0 cm³/mol. The van der Waals surface area contributed by atoms with E-state index in [4.69, 9.17) is 10.5 Å². The van der Waals surface area contributed by atoms with Crippen LogP contribution in [0.25, 0.3) is 0 Å². The Bertz CT molecular complexity index is 154. The minimum atomic E-state index is 0.189. The number of rotatable bonds is 3. The molecule has 2 atom stereocenters. The first-order chi connectivity index (χ1) is 5.44. The molecule has 0 spiro atoms. The summed E-state index contributed by atoms with van der Waals surface area (Å²) in [4.78, 5) is 0. The van der Waals surface area contributed by atoms with E-state index in [0.29, 0.717) is 18.1 Å². The summed E-state index contributed by atoms with van der Waals surface area (Å²) in [5.74, 6) is 0.623. The molecule has 0 bridgehead atoms. The lowest BCUT2D eigenvalue weighted by Crippen LogP contribution is -2.59. The summed E-state index contributed by atoms with van der Waals surface area (Å²) in [7, 11) is 0. The lowest BCUT2D eigenvalue weighted by Gasteiger charge is -2.50. The maximum absolute atomic E-state index is 5.87. The number of hydrogen-bond acceptors (Lipinski definition) is 2. The molecule has 1 aliphatic carbocycles. The third-order valence-electron chi connectivity index (χ3n) is 2.88. The Hall–Kier alpha value is -0.0800. The van der Waals surface area contributed by atoms with Gasteiger partial charge in [-0.2, -0.15) is 0 Å². The van der Waals surface area contributed by atoms with Crippen molar-refractivity contribution in [2.45, 2.75) is 46.3 Å². The molecule has 0 aromatic carbocycles. The fourth-order valence-electron chi connectivity index (χ4n) is 1.51. The summed E-state index contributed by atoms with van der Waals surface area (Å²) in [6, 6.07) is 0.328. The van der Waals surface area contributed by atoms with Crippen LogP contribution in [0.5, 0.6) is 0 Å². The van der Waals surface area contributed by atoms with Gasteiger partial charge in [-0.25, -0.2) is 0 Å². The Morgan fingerprint density at radius 1 is 1.50 bits per heavy atom. The van der Waals surface area contributed by atoms with Crippen molar-refractivity contribution in [3.63, 3.8) is 0 Å². The van der Waals surface area contributed by atoms with Crippen LogP contribution in [-0.4, -0.2) is 18.8 Å². The molecule has 0 saturated heterocycles. The minimum absolute atomic E-state index is 0.189. The predicted octanol–water partition coefficient (Wildman–Crippen LogP) is 1.78. The maximum atomic E-state index is 5.87. The molecule has 0 heterocycles. The second-order valence-corrected chi connectivity index (χ2v) is 4.88. The van der Waals surface area contributed by atoms with Gasteiger partial charge in [-0.3, -0.25) is 0 Å². The van der Waals surface area contributed by atoms with Gasteiger partial charge >= 0.3 is 0 Å². The molecule has 1 saturated carbocycles. The van der Waals surface area contributed by atoms with Gasteiger partial charge in [0.15, 0.2) is 0 Å². The van der Waals surface area contributed by atoms with Crippen molar-refractivity contribution in [2.24, 2.45) is 17.1 Å². The zero-order valence-corrected chi connectivity index (χ0v) is 8.63. The lowest BCUT2D eigenvalue weighted by atomic mass is 9.65. The first-order valence-electron chi connectivity index (χ1n) is 4.81. The molecule has 1 aliphatic rings. The lowest BCUT2D eigenvalue weighted by molar-refractivity contribution is -0.114. The largest absolute Gasteiger partial charge is 0.377 e. The van der Waals surface area contributed by atoms with Gasteiger partial charge in [0.1, 0.15) is 0 Å². The van der Waals surface area contributed by atoms with E-state index in [9.17, 15) is 0 Å². The fourth-order valence-corrected chi connectivity index (χ4v) is 1.51. The molecule has 0 aromatic heterocycles. The SMILES string of the molecule is CC(C)CO[C@@H]1C[C@H](N)C1(C)C. The summed E-state index contributed by atoms with van der Waals surface area (Å²) in [5.41, 5.74) is 6.06. The molecular formula is C10H21NO. The molecule has 72 valence electrons. The Kier molecular flexibility index (Phi) is 2.79. The van der Waals surface area contributed by atoms with Gasteiger partial charge in [0, 0.05) is 18.1 Å². The third kappa shape index (κ3) is 1.80. The van der Waals surface area contributed by atoms with Gasteiger partial charge in [-0.05, 0) is 12.3 Å². The molecule has 1 rings (SSSR count). The summed E-state index contributed by atoms with van der Waals surface area (Å²) < 4.78 is 5.75. The van der Waals surface area contributed by atoms with Crippen LogP contribution in [0.15, 0.2) is 0 Å². The van der Waals surface area contributed by atoms with Gasteiger partial charge in [-0.15, -0.1) is 0 Å². The van der Waals surface area contributed by atoms with Gasteiger partial charge in [-0.1, -0.05) is 27.7 Å².